The predicted octanol–water partition coefficient (Wildman–Crippen LogP) is 0.846. The molecule has 0 aromatic heterocycles. The molecule has 0 saturated carbocycles. The fourth-order valence-electron chi connectivity index (χ4n) is 2.56. The maximum Gasteiger partial charge on any atom is 0.336 e. The Labute approximate surface area is 135 Å². The van der Waals surface area contributed by atoms with E-state index in [0.29, 0.717) is 12.0 Å². The van der Waals surface area contributed by atoms with Crippen molar-refractivity contribution in [3.8, 4) is 0 Å². The summed E-state index contributed by atoms with van der Waals surface area (Å²) >= 11 is 0. The quantitative estimate of drug-likeness (QED) is 0.845. The van der Waals surface area contributed by atoms with E-state index in [1.165, 1.54) is 18.2 Å². The highest BCUT2D eigenvalue weighted by molar-refractivity contribution is 7.89. The molecule has 2 rings (SSSR count). The van der Waals surface area contributed by atoms with Gasteiger partial charge >= 0.3 is 5.97 Å². The normalized spacial score (nSPS) is 18.5. The van der Waals surface area contributed by atoms with Crippen LogP contribution in [0.25, 0.3) is 0 Å². The van der Waals surface area contributed by atoms with E-state index in [0.717, 1.165) is 4.31 Å². The summed E-state index contributed by atoms with van der Waals surface area (Å²) in [5.74, 6) is -1.55. The molecule has 8 heteroatoms. The number of amides is 1. The Bertz CT molecular complexity index is 755. The molecule has 0 aliphatic carbocycles. The van der Waals surface area contributed by atoms with Crippen molar-refractivity contribution in [3.63, 3.8) is 0 Å². The van der Waals surface area contributed by atoms with Gasteiger partial charge in [-0.25, -0.2) is 13.2 Å². The third-order valence-electron chi connectivity index (χ3n) is 3.96. The van der Waals surface area contributed by atoms with Crippen LogP contribution in [0, 0.1) is 0 Å². The first kappa shape index (κ1) is 17.4. The van der Waals surface area contributed by atoms with Gasteiger partial charge in [-0.2, -0.15) is 4.31 Å². The summed E-state index contributed by atoms with van der Waals surface area (Å²) in [4.78, 5) is 22.8. The van der Waals surface area contributed by atoms with Crippen LogP contribution in [-0.2, 0) is 21.2 Å². The van der Waals surface area contributed by atoms with E-state index in [4.69, 9.17) is 0 Å². The summed E-state index contributed by atoms with van der Waals surface area (Å²) in [6.45, 7) is 5.14. The number of aromatic carboxylic acids is 1. The van der Waals surface area contributed by atoms with Gasteiger partial charge in [0.2, 0.25) is 15.9 Å². The van der Waals surface area contributed by atoms with Crippen molar-refractivity contribution in [3.05, 3.63) is 29.3 Å². The minimum atomic E-state index is -3.97. The SMILES string of the molecule is CCc1ccc(S(=O)(=O)N2CC(=O)NCC2(C)C)cc1C(=O)O. The molecule has 1 fully saturated rings. The van der Waals surface area contributed by atoms with Gasteiger partial charge in [0.1, 0.15) is 0 Å². The number of nitrogens with zero attached hydrogens (tertiary/aromatic N) is 1. The van der Waals surface area contributed by atoms with Gasteiger partial charge in [-0.15, -0.1) is 0 Å². The highest BCUT2D eigenvalue weighted by atomic mass is 32.2. The molecule has 1 aliphatic heterocycles. The van der Waals surface area contributed by atoms with Gasteiger partial charge in [0.05, 0.1) is 17.0 Å². The number of sulfonamides is 1. The predicted molar refractivity (Wildman–Crippen MR) is 83.8 cm³/mol. The van der Waals surface area contributed by atoms with E-state index >= 15 is 0 Å². The molecule has 1 aromatic carbocycles. The van der Waals surface area contributed by atoms with E-state index in [2.05, 4.69) is 5.32 Å². The summed E-state index contributed by atoms with van der Waals surface area (Å²) < 4.78 is 26.9. The molecule has 1 aromatic rings. The van der Waals surface area contributed by atoms with Crippen molar-refractivity contribution in [1.29, 1.82) is 0 Å². The number of rotatable bonds is 4. The lowest BCUT2D eigenvalue weighted by molar-refractivity contribution is -0.124. The average Bonchev–Trinajstić information content (AvgIpc) is 2.48. The molecule has 1 saturated heterocycles. The minimum Gasteiger partial charge on any atom is -0.478 e. The number of hydrogen-bond acceptors (Lipinski definition) is 4. The number of benzene rings is 1. The molecular formula is C15H20N2O5S. The fourth-order valence-corrected chi connectivity index (χ4v) is 4.33. The molecule has 2 N–H and O–H groups in total. The summed E-state index contributed by atoms with van der Waals surface area (Å²) in [5, 5.41) is 11.9. The molecule has 0 radical (unpaired) electrons. The van der Waals surface area contributed by atoms with Crippen LogP contribution in [0.3, 0.4) is 0 Å². The van der Waals surface area contributed by atoms with Crippen molar-refractivity contribution in [1.82, 2.24) is 9.62 Å². The van der Waals surface area contributed by atoms with Crippen LogP contribution in [0.1, 0.15) is 36.7 Å². The number of carbonyl (C=O) groups is 2. The van der Waals surface area contributed by atoms with Crippen molar-refractivity contribution in [2.75, 3.05) is 13.1 Å². The molecule has 0 unspecified atom stereocenters. The number of carboxylic acid groups (broad SMARTS) is 1. The van der Waals surface area contributed by atoms with Crippen LogP contribution in [-0.4, -0.2) is 48.3 Å². The molecule has 0 spiro atoms. The fraction of sp³-hybridized carbons (Fsp3) is 0.467. The molecule has 0 atom stereocenters. The molecule has 7 nitrogen and oxygen atoms in total. The molecule has 23 heavy (non-hydrogen) atoms. The highest BCUT2D eigenvalue weighted by Gasteiger charge is 2.42. The number of carbonyl (C=O) groups excluding carboxylic acids is 1. The van der Waals surface area contributed by atoms with Gasteiger partial charge < -0.3 is 10.4 Å². The number of carboxylic acids is 1. The monoisotopic (exact) mass is 340 g/mol. The van der Waals surface area contributed by atoms with E-state index in [1.54, 1.807) is 20.8 Å². The second-order valence-corrected chi connectivity index (χ2v) is 7.94. The molecule has 0 bridgehead atoms. The van der Waals surface area contributed by atoms with Gasteiger partial charge in [-0.1, -0.05) is 13.0 Å². The van der Waals surface area contributed by atoms with Crippen molar-refractivity contribution < 1.29 is 23.1 Å². The van der Waals surface area contributed by atoms with Gasteiger partial charge in [0.15, 0.2) is 0 Å². The van der Waals surface area contributed by atoms with Crippen LogP contribution < -0.4 is 5.32 Å². The second kappa shape index (κ2) is 5.93. The first-order chi connectivity index (χ1) is 10.6. The van der Waals surface area contributed by atoms with Crippen LogP contribution in [0.4, 0.5) is 0 Å². The van der Waals surface area contributed by atoms with E-state index < -0.39 is 21.5 Å². The Morgan fingerprint density at radius 2 is 2.04 bits per heavy atom. The number of aryl methyl sites for hydroxylation is 1. The lowest BCUT2D eigenvalue weighted by Gasteiger charge is -2.40. The van der Waals surface area contributed by atoms with Crippen LogP contribution in [0.5, 0.6) is 0 Å². The minimum absolute atomic E-state index is 0.0344. The Hall–Kier alpha value is -1.93. The van der Waals surface area contributed by atoms with Crippen LogP contribution in [0.15, 0.2) is 23.1 Å². The third kappa shape index (κ3) is 3.23. The smallest absolute Gasteiger partial charge is 0.336 e. The first-order valence-corrected chi connectivity index (χ1v) is 8.69. The number of hydrogen-bond donors (Lipinski definition) is 2. The van der Waals surface area contributed by atoms with Gasteiger partial charge in [0, 0.05) is 12.1 Å². The van der Waals surface area contributed by atoms with Crippen molar-refractivity contribution in [2.45, 2.75) is 37.6 Å². The molecule has 126 valence electrons. The topological polar surface area (TPSA) is 104 Å². The van der Waals surface area contributed by atoms with Gasteiger partial charge in [-0.3, -0.25) is 4.79 Å². The van der Waals surface area contributed by atoms with Gasteiger partial charge in [-0.05, 0) is 38.0 Å². The molecule has 1 amide bonds. The van der Waals surface area contributed by atoms with Gasteiger partial charge in [0.25, 0.3) is 0 Å². The lowest BCUT2D eigenvalue weighted by Crippen LogP contribution is -2.61. The summed E-state index contributed by atoms with van der Waals surface area (Å²) in [5.41, 5.74) is -0.264. The average molecular weight is 340 g/mol. The van der Waals surface area contributed by atoms with Crippen molar-refractivity contribution in [2.24, 2.45) is 0 Å². The zero-order chi connectivity index (χ0) is 17.4. The third-order valence-corrected chi connectivity index (χ3v) is 6.01. The first-order valence-electron chi connectivity index (χ1n) is 7.25. The Kier molecular flexibility index (Phi) is 4.50. The summed E-state index contributed by atoms with van der Waals surface area (Å²) in [6.07, 6.45) is 0.486. The van der Waals surface area contributed by atoms with E-state index in [9.17, 15) is 23.1 Å². The van der Waals surface area contributed by atoms with E-state index in [1.807, 2.05) is 0 Å². The number of piperazine rings is 1. The summed E-state index contributed by atoms with van der Waals surface area (Å²) in [7, 11) is -3.97. The number of nitrogens with one attached hydrogen (secondary N) is 1. The molecule has 1 aliphatic rings. The second-order valence-electron chi connectivity index (χ2n) is 6.08. The zero-order valence-electron chi connectivity index (χ0n) is 13.3. The van der Waals surface area contributed by atoms with Crippen molar-refractivity contribution >= 4 is 21.9 Å². The van der Waals surface area contributed by atoms with Crippen LogP contribution >= 0.6 is 0 Å². The Balaban J connectivity index is 2.53. The Morgan fingerprint density at radius 3 is 2.61 bits per heavy atom. The Morgan fingerprint density at radius 1 is 1.39 bits per heavy atom. The maximum absolute atomic E-state index is 12.9. The lowest BCUT2D eigenvalue weighted by atomic mass is 10.0. The standard InChI is InChI=1S/C15H20N2O5S/c1-4-10-5-6-11(7-12(10)14(19)20)23(21,22)17-8-13(18)16-9-15(17,2)3/h5-7H,4,8-9H2,1-3H3,(H,16,18)(H,19,20). The summed E-state index contributed by atoms with van der Waals surface area (Å²) in [6, 6.07) is 4.07. The molecule has 1 heterocycles. The van der Waals surface area contributed by atoms with Crippen LogP contribution in [0.2, 0.25) is 0 Å². The maximum atomic E-state index is 12.9. The largest absolute Gasteiger partial charge is 0.478 e. The molecular weight excluding hydrogens is 320 g/mol. The zero-order valence-corrected chi connectivity index (χ0v) is 14.1. The highest BCUT2D eigenvalue weighted by Crippen LogP contribution is 2.27. The van der Waals surface area contributed by atoms with E-state index in [-0.39, 0.29) is 29.5 Å².